The first-order chi connectivity index (χ1) is 7.36. The molecule has 0 spiro atoms. The molecular formula is C12H12N2O. The van der Waals surface area contributed by atoms with E-state index in [0.29, 0.717) is 6.42 Å². The molecule has 1 aliphatic heterocycles. The summed E-state index contributed by atoms with van der Waals surface area (Å²) in [6, 6.07) is 10.2. The van der Waals surface area contributed by atoms with E-state index < -0.39 is 0 Å². The first-order valence-corrected chi connectivity index (χ1v) is 5.23. The molecule has 1 aromatic carbocycles. The molecule has 0 saturated carbocycles. The first kappa shape index (κ1) is 8.53. The first-order valence-electron chi connectivity index (χ1n) is 5.23. The van der Waals surface area contributed by atoms with Crippen LogP contribution in [0.3, 0.4) is 0 Å². The molecule has 1 aliphatic rings. The van der Waals surface area contributed by atoms with Gasteiger partial charge < -0.3 is 0 Å². The zero-order valence-corrected chi connectivity index (χ0v) is 8.39. The number of nitrogens with zero attached hydrogens (tertiary/aromatic N) is 2. The fraction of sp³-hybridized carbons (Fsp3) is 0.250. The van der Waals surface area contributed by atoms with Crippen LogP contribution in [0.5, 0.6) is 0 Å². The average Bonchev–Trinajstić information content (AvgIpc) is 2.83. The molecule has 3 rings (SSSR count). The third-order valence-electron chi connectivity index (χ3n) is 2.89. The normalized spacial score (nSPS) is 16.5. The Morgan fingerprint density at radius 3 is 2.80 bits per heavy atom. The van der Waals surface area contributed by atoms with E-state index in [1.54, 1.807) is 0 Å². The Balaban J connectivity index is 2.14. The lowest BCUT2D eigenvalue weighted by atomic mass is 10.3. The Bertz CT molecular complexity index is 515. The van der Waals surface area contributed by atoms with Crippen molar-refractivity contribution >= 4 is 16.8 Å². The smallest absolute Gasteiger partial charge is 0.241 e. The molecule has 76 valence electrons. The standard InChI is InChI=1S/C12H12N2O/c15-12-6-3-8-14(12)13-9-7-10-4-1-2-5-11(10)13/h1-2,4-5,7,9H,3,6,8H2. The molecule has 1 fully saturated rings. The second-order valence-corrected chi connectivity index (χ2v) is 3.84. The van der Waals surface area contributed by atoms with Crippen LogP contribution in [-0.4, -0.2) is 17.1 Å². The highest BCUT2D eigenvalue weighted by atomic mass is 16.2. The molecule has 2 aromatic rings. The van der Waals surface area contributed by atoms with Crippen LogP contribution in [0, 0.1) is 0 Å². The summed E-state index contributed by atoms with van der Waals surface area (Å²) in [6.07, 6.45) is 3.60. The summed E-state index contributed by atoms with van der Waals surface area (Å²) in [5.74, 6) is 0.219. The molecule has 1 aromatic heterocycles. The molecule has 0 aliphatic carbocycles. The van der Waals surface area contributed by atoms with Crippen molar-refractivity contribution in [1.82, 2.24) is 4.68 Å². The summed E-state index contributed by atoms with van der Waals surface area (Å²) >= 11 is 0. The van der Waals surface area contributed by atoms with E-state index >= 15 is 0 Å². The van der Waals surface area contributed by atoms with Gasteiger partial charge in [0.2, 0.25) is 5.91 Å². The Kier molecular flexibility index (Phi) is 1.78. The van der Waals surface area contributed by atoms with Crippen LogP contribution in [0.2, 0.25) is 0 Å². The van der Waals surface area contributed by atoms with E-state index in [2.05, 4.69) is 6.07 Å². The van der Waals surface area contributed by atoms with Crippen LogP contribution >= 0.6 is 0 Å². The van der Waals surface area contributed by atoms with Gasteiger partial charge in [-0.25, -0.2) is 5.01 Å². The zero-order valence-electron chi connectivity index (χ0n) is 8.39. The lowest BCUT2D eigenvalue weighted by Gasteiger charge is -2.18. The molecule has 0 atom stereocenters. The van der Waals surface area contributed by atoms with E-state index in [1.807, 2.05) is 40.1 Å². The minimum absolute atomic E-state index is 0.219. The largest absolute Gasteiger partial charge is 0.273 e. The van der Waals surface area contributed by atoms with Gasteiger partial charge in [0.05, 0.1) is 5.52 Å². The lowest BCUT2D eigenvalue weighted by molar-refractivity contribution is -0.118. The maximum Gasteiger partial charge on any atom is 0.241 e. The maximum absolute atomic E-state index is 11.6. The van der Waals surface area contributed by atoms with Gasteiger partial charge in [-0.15, -0.1) is 0 Å². The number of amides is 1. The summed E-state index contributed by atoms with van der Waals surface area (Å²) in [7, 11) is 0. The number of para-hydroxylation sites is 1. The average molecular weight is 200 g/mol. The third-order valence-corrected chi connectivity index (χ3v) is 2.89. The Morgan fingerprint density at radius 2 is 2.00 bits per heavy atom. The predicted octanol–water partition coefficient (Wildman–Crippen LogP) is 1.90. The molecule has 1 amide bonds. The van der Waals surface area contributed by atoms with Crippen molar-refractivity contribution in [3.8, 4) is 0 Å². The molecule has 3 heteroatoms. The van der Waals surface area contributed by atoms with Crippen molar-refractivity contribution in [3.05, 3.63) is 36.5 Å². The predicted molar refractivity (Wildman–Crippen MR) is 59.3 cm³/mol. The van der Waals surface area contributed by atoms with Crippen LogP contribution in [0.15, 0.2) is 36.5 Å². The molecule has 2 heterocycles. The summed E-state index contributed by atoms with van der Waals surface area (Å²) in [6.45, 7) is 0.831. The number of carbonyl (C=O) groups is 1. The number of benzene rings is 1. The van der Waals surface area contributed by atoms with E-state index in [-0.39, 0.29) is 5.91 Å². The quantitative estimate of drug-likeness (QED) is 0.690. The Morgan fingerprint density at radius 1 is 1.13 bits per heavy atom. The van der Waals surface area contributed by atoms with Crippen LogP contribution in [0.25, 0.3) is 10.9 Å². The summed E-state index contributed by atoms with van der Waals surface area (Å²) in [5.41, 5.74) is 1.10. The van der Waals surface area contributed by atoms with Gasteiger partial charge in [0.1, 0.15) is 0 Å². The Hall–Kier alpha value is -1.77. The van der Waals surface area contributed by atoms with Crippen LogP contribution in [0.1, 0.15) is 12.8 Å². The van der Waals surface area contributed by atoms with Crippen LogP contribution in [-0.2, 0) is 4.79 Å². The molecule has 0 radical (unpaired) electrons. The lowest BCUT2D eigenvalue weighted by Crippen LogP contribution is -2.34. The van der Waals surface area contributed by atoms with Crippen molar-refractivity contribution < 1.29 is 4.79 Å². The van der Waals surface area contributed by atoms with Gasteiger partial charge in [-0.3, -0.25) is 9.47 Å². The fourth-order valence-electron chi connectivity index (χ4n) is 2.14. The summed E-state index contributed by atoms with van der Waals surface area (Å²) < 4.78 is 1.96. The topological polar surface area (TPSA) is 25.2 Å². The number of fused-ring (bicyclic) bond motifs is 1. The van der Waals surface area contributed by atoms with Crippen LogP contribution < -0.4 is 5.01 Å². The molecule has 15 heavy (non-hydrogen) atoms. The third kappa shape index (κ3) is 1.23. The number of hydrogen-bond acceptors (Lipinski definition) is 1. The van der Waals surface area contributed by atoms with Crippen molar-refractivity contribution in [1.29, 1.82) is 0 Å². The molecular weight excluding hydrogens is 188 g/mol. The molecule has 1 saturated heterocycles. The van der Waals surface area contributed by atoms with Crippen molar-refractivity contribution in [2.24, 2.45) is 0 Å². The molecule has 3 nitrogen and oxygen atoms in total. The number of rotatable bonds is 1. The van der Waals surface area contributed by atoms with E-state index in [9.17, 15) is 4.79 Å². The molecule has 0 bridgehead atoms. The van der Waals surface area contributed by atoms with Gasteiger partial charge in [-0.2, -0.15) is 0 Å². The minimum Gasteiger partial charge on any atom is -0.273 e. The van der Waals surface area contributed by atoms with Gasteiger partial charge in [0.25, 0.3) is 0 Å². The highest BCUT2D eigenvalue weighted by Crippen LogP contribution is 2.18. The number of carbonyl (C=O) groups excluding carboxylic acids is 1. The second kappa shape index (κ2) is 3.12. The van der Waals surface area contributed by atoms with Gasteiger partial charge in [-0.1, -0.05) is 18.2 Å². The monoisotopic (exact) mass is 200 g/mol. The molecule has 0 unspecified atom stereocenters. The van der Waals surface area contributed by atoms with Crippen molar-refractivity contribution in [2.75, 3.05) is 11.6 Å². The molecule has 0 N–H and O–H groups in total. The highest BCUT2D eigenvalue weighted by Gasteiger charge is 2.22. The number of hydrogen-bond donors (Lipinski definition) is 0. The Labute approximate surface area is 87.9 Å². The van der Waals surface area contributed by atoms with Gasteiger partial charge in [0.15, 0.2) is 0 Å². The number of aromatic nitrogens is 1. The summed E-state index contributed by atoms with van der Waals surface area (Å²) in [5, 5.41) is 3.00. The van der Waals surface area contributed by atoms with Crippen molar-refractivity contribution in [2.45, 2.75) is 12.8 Å². The highest BCUT2D eigenvalue weighted by molar-refractivity contribution is 5.91. The minimum atomic E-state index is 0.219. The zero-order chi connectivity index (χ0) is 10.3. The van der Waals surface area contributed by atoms with Gasteiger partial charge >= 0.3 is 0 Å². The SMILES string of the molecule is O=C1CCCN1n1ccc2ccccc21. The van der Waals surface area contributed by atoms with Crippen LogP contribution in [0.4, 0.5) is 0 Å². The van der Waals surface area contributed by atoms with Gasteiger partial charge in [-0.05, 0) is 18.6 Å². The van der Waals surface area contributed by atoms with Gasteiger partial charge in [0, 0.05) is 24.5 Å². The maximum atomic E-state index is 11.6. The second-order valence-electron chi connectivity index (χ2n) is 3.84. The summed E-state index contributed by atoms with van der Waals surface area (Å²) in [4.78, 5) is 11.6. The van der Waals surface area contributed by atoms with E-state index in [1.165, 1.54) is 5.39 Å². The van der Waals surface area contributed by atoms with E-state index in [0.717, 1.165) is 18.5 Å². The van der Waals surface area contributed by atoms with E-state index in [4.69, 9.17) is 0 Å². The fourth-order valence-corrected chi connectivity index (χ4v) is 2.14. The van der Waals surface area contributed by atoms with Crippen molar-refractivity contribution in [3.63, 3.8) is 0 Å².